The van der Waals surface area contributed by atoms with Crippen molar-refractivity contribution in [3.05, 3.63) is 41.3 Å². The Kier molecular flexibility index (Phi) is 4.42. The monoisotopic (exact) mass is 305 g/mol. The topological polar surface area (TPSA) is 38.7 Å². The van der Waals surface area contributed by atoms with Gasteiger partial charge < -0.3 is 0 Å². The van der Waals surface area contributed by atoms with E-state index in [0.717, 1.165) is 35.1 Å². The fourth-order valence-electron chi connectivity index (χ4n) is 1.79. The normalized spacial score (nSPS) is 10.6. The molecule has 4 heteroatoms. The van der Waals surface area contributed by atoms with Gasteiger partial charge in [0.05, 0.1) is 0 Å². The predicted octanol–water partition coefficient (Wildman–Crippen LogP) is 3.69. The maximum atomic E-state index is 4.64. The van der Waals surface area contributed by atoms with Crippen molar-refractivity contribution in [3.8, 4) is 11.5 Å². The van der Waals surface area contributed by atoms with Gasteiger partial charge in [-0.15, -0.1) is 0 Å². The van der Waals surface area contributed by atoms with Crippen LogP contribution in [0.15, 0.2) is 24.5 Å². The standard InChI is InChI=1S/C14H16BrN3/c1-3-4-12-11(8-15)9-17-14(18-12)13-7-10(2)5-6-16-13/h5-7,9H,3-4,8H2,1-2H3. The van der Waals surface area contributed by atoms with Crippen LogP contribution in [0.1, 0.15) is 30.2 Å². The highest BCUT2D eigenvalue weighted by Crippen LogP contribution is 2.17. The van der Waals surface area contributed by atoms with E-state index in [-0.39, 0.29) is 0 Å². The van der Waals surface area contributed by atoms with Crippen molar-refractivity contribution in [2.75, 3.05) is 0 Å². The highest BCUT2D eigenvalue weighted by atomic mass is 79.9. The molecule has 2 aromatic heterocycles. The Morgan fingerprint density at radius 1 is 1.28 bits per heavy atom. The van der Waals surface area contributed by atoms with E-state index in [1.165, 1.54) is 5.56 Å². The van der Waals surface area contributed by atoms with E-state index in [2.05, 4.69) is 37.8 Å². The lowest BCUT2D eigenvalue weighted by Crippen LogP contribution is -2.01. The Bertz CT molecular complexity index is 540. The number of hydrogen-bond donors (Lipinski definition) is 0. The lowest BCUT2D eigenvalue weighted by Gasteiger charge is -2.07. The average Bonchev–Trinajstić information content (AvgIpc) is 2.39. The molecule has 0 radical (unpaired) electrons. The van der Waals surface area contributed by atoms with Crippen molar-refractivity contribution in [2.45, 2.75) is 32.0 Å². The fraction of sp³-hybridized carbons (Fsp3) is 0.357. The lowest BCUT2D eigenvalue weighted by atomic mass is 10.1. The number of halogens is 1. The van der Waals surface area contributed by atoms with Crippen molar-refractivity contribution >= 4 is 15.9 Å². The summed E-state index contributed by atoms with van der Waals surface area (Å²) in [7, 11) is 0. The SMILES string of the molecule is CCCc1nc(-c2cc(C)ccn2)ncc1CBr. The molecule has 0 unspecified atom stereocenters. The Hall–Kier alpha value is -1.29. The molecule has 2 heterocycles. The van der Waals surface area contributed by atoms with Crippen LogP contribution >= 0.6 is 15.9 Å². The van der Waals surface area contributed by atoms with E-state index in [1.807, 2.05) is 25.3 Å². The highest BCUT2D eigenvalue weighted by molar-refractivity contribution is 9.08. The Balaban J connectivity index is 2.43. The lowest BCUT2D eigenvalue weighted by molar-refractivity contribution is 0.859. The van der Waals surface area contributed by atoms with Gasteiger partial charge in [0.25, 0.3) is 0 Å². The maximum Gasteiger partial charge on any atom is 0.178 e. The molecule has 0 N–H and O–H groups in total. The van der Waals surface area contributed by atoms with Crippen molar-refractivity contribution in [1.82, 2.24) is 15.0 Å². The van der Waals surface area contributed by atoms with Crippen LogP contribution in [0.3, 0.4) is 0 Å². The molecule has 18 heavy (non-hydrogen) atoms. The smallest absolute Gasteiger partial charge is 0.178 e. The molecule has 0 saturated heterocycles. The van der Waals surface area contributed by atoms with Crippen LogP contribution in [0, 0.1) is 6.92 Å². The van der Waals surface area contributed by atoms with Gasteiger partial charge >= 0.3 is 0 Å². The zero-order valence-corrected chi connectivity index (χ0v) is 12.2. The first kappa shape index (κ1) is 13.1. The first-order valence-corrected chi connectivity index (χ1v) is 7.20. The molecule has 0 amide bonds. The summed E-state index contributed by atoms with van der Waals surface area (Å²) >= 11 is 3.48. The molecular formula is C14H16BrN3. The van der Waals surface area contributed by atoms with Crippen molar-refractivity contribution in [2.24, 2.45) is 0 Å². The minimum Gasteiger partial charge on any atom is -0.253 e. The Morgan fingerprint density at radius 2 is 2.11 bits per heavy atom. The van der Waals surface area contributed by atoms with Crippen molar-refractivity contribution in [1.29, 1.82) is 0 Å². The fourth-order valence-corrected chi connectivity index (χ4v) is 2.26. The van der Waals surface area contributed by atoms with E-state index in [9.17, 15) is 0 Å². The summed E-state index contributed by atoms with van der Waals surface area (Å²) in [4.78, 5) is 13.4. The summed E-state index contributed by atoms with van der Waals surface area (Å²) in [5.41, 5.74) is 4.29. The summed E-state index contributed by atoms with van der Waals surface area (Å²) in [6.45, 7) is 4.20. The van der Waals surface area contributed by atoms with Crippen LogP contribution in [0.4, 0.5) is 0 Å². The number of aryl methyl sites for hydroxylation is 2. The quantitative estimate of drug-likeness (QED) is 0.809. The maximum absolute atomic E-state index is 4.64. The minimum atomic E-state index is 0.715. The summed E-state index contributed by atoms with van der Waals surface area (Å²) in [6, 6.07) is 3.99. The molecule has 3 nitrogen and oxygen atoms in total. The van der Waals surface area contributed by atoms with Gasteiger partial charge in [-0.25, -0.2) is 9.97 Å². The Morgan fingerprint density at radius 3 is 2.78 bits per heavy atom. The molecule has 2 rings (SSSR count). The second kappa shape index (κ2) is 6.05. The van der Waals surface area contributed by atoms with Gasteiger partial charge in [0.2, 0.25) is 0 Å². The third kappa shape index (κ3) is 2.93. The van der Waals surface area contributed by atoms with E-state index >= 15 is 0 Å². The Labute approximate surface area is 116 Å². The van der Waals surface area contributed by atoms with E-state index in [1.54, 1.807) is 6.20 Å². The van der Waals surface area contributed by atoms with Gasteiger partial charge in [0, 0.05) is 29.0 Å². The molecule has 0 aliphatic rings. The van der Waals surface area contributed by atoms with Crippen LogP contribution in [0.2, 0.25) is 0 Å². The molecule has 0 aliphatic carbocycles. The summed E-state index contributed by atoms with van der Waals surface area (Å²) in [5, 5.41) is 0.795. The number of hydrogen-bond acceptors (Lipinski definition) is 3. The summed E-state index contributed by atoms with van der Waals surface area (Å²) < 4.78 is 0. The average molecular weight is 306 g/mol. The number of aromatic nitrogens is 3. The van der Waals surface area contributed by atoms with E-state index in [4.69, 9.17) is 0 Å². The minimum absolute atomic E-state index is 0.715. The number of pyridine rings is 1. The van der Waals surface area contributed by atoms with Crippen LogP contribution in [0.5, 0.6) is 0 Å². The van der Waals surface area contributed by atoms with Gasteiger partial charge in [-0.05, 0) is 31.0 Å². The van der Waals surface area contributed by atoms with Gasteiger partial charge in [-0.1, -0.05) is 29.3 Å². The van der Waals surface area contributed by atoms with Gasteiger partial charge in [-0.3, -0.25) is 4.98 Å². The van der Waals surface area contributed by atoms with E-state index < -0.39 is 0 Å². The van der Waals surface area contributed by atoms with Gasteiger partial charge in [-0.2, -0.15) is 0 Å². The van der Waals surface area contributed by atoms with Crippen molar-refractivity contribution < 1.29 is 0 Å². The summed E-state index contributed by atoms with van der Waals surface area (Å²) in [5.74, 6) is 0.715. The molecule has 0 aliphatic heterocycles. The molecule has 2 aromatic rings. The number of nitrogens with zero attached hydrogens (tertiary/aromatic N) is 3. The van der Waals surface area contributed by atoms with Gasteiger partial charge in [0.15, 0.2) is 5.82 Å². The molecule has 0 aromatic carbocycles. The third-order valence-corrected chi connectivity index (χ3v) is 3.33. The molecule has 94 valence electrons. The molecule has 0 saturated carbocycles. The third-order valence-electron chi connectivity index (χ3n) is 2.73. The number of alkyl halides is 1. The number of rotatable bonds is 4. The molecular weight excluding hydrogens is 290 g/mol. The second-order valence-corrected chi connectivity index (χ2v) is 4.83. The van der Waals surface area contributed by atoms with Crippen LogP contribution < -0.4 is 0 Å². The predicted molar refractivity (Wildman–Crippen MR) is 76.6 cm³/mol. The molecule has 0 bridgehead atoms. The second-order valence-electron chi connectivity index (χ2n) is 4.27. The van der Waals surface area contributed by atoms with Crippen LogP contribution in [-0.2, 0) is 11.8 Å². The van der Waals surface area contributed by atoms with Gasteiger partial charge in [0.1, 0.15) is 5.69 Å². The molecule has 0 atom stereocenters. The largest absolute Gasteiger partial charge is 0.253 e. The first-order chi connectivity index (χ1) is 8.74. The highest BCUT2D eigenvalue weighted by Gasteiger charge is 2.08. The zero-order valence-electron chi connectivity index (χ0n) is 10.7. The van der Waals surface area contributed by atoms with Crippen LogP contribution in [-0.4, -0.2) is 15.0 Å². The molecule has 0 fully saturated rings. The zero-order chi connectivity index (χ0) is 13.0. The van der Waals surface area contributed by atoms with Crippen LogP contribution in [0.25, 0.3) is 11.5 Å². The first-order valence-electron chi connectivity index (χ1n) is 6.08. The molecule has 0 spiro atoms. The van der Waals surface area contributed by atoms with E-state index in [0.29, 0.717) is 5.82 Å². The summed E-state index contributed by atoms with van der Waals surface area (Å²) in [6.07, 6.45) is 5.75. The van der Waals surface area contributed by atoms with Crippen molar-refractivity contribution in [3.63, 3.8) is 0 Å².